The average molecular weight is 468 g/mol. The molecule has 7 nitrogen and oxygen atoms in total. The van der Waals surface area contributed by atoms with Crippen molar-refractivity contribution in [2.45, 2.75) is 13.5 Å². The Morgan fingerprint density at radius 2 is 1.77 bits per heavy atom. The molecule has 0 spiro atoms. The second-order valence-electron chi connectivity index (χ2n) is 6.39. The van der Waals surface area contributed by atoms with E-state index in [1.54, 1.807) is 43.3 Å². The number of nitro groups is 1. The van der Waals surface area contributed by atoms with Crippen LogP contribution in [0.25, 0.3) is 0 Å². The van der Waals surface area contributed by atoms with E-state index >= 15 is 0 Å². The molecule has 0 radical (unpaired) electrons. The van der Waals surface area contributed by atoms with Gasteiger partial charge in [0, 0.05) is 27.7 Å². The van der Waals surface area contributed by atoms with Gasteiger partial charge in [-0.25, -0.2) is 5.43 Å². The molecule has 3 aromatic rings. The number of hydrogen-bond donors (Lipinski definition) is 1. The van der Waals surface area contributed by atoms with E-state index in [1.807, 2.05) is 24.3 Å². The first-order valence-corrected chi connectivity index (χ1v) is 9.78. The third-order valence-electron chi connectivity index (χ3n) is 4.24. The van der Waals surface area contributed by atoms with Gasteiger partial charge in [0.15, 0.2) is 0 Å². The molecule has 0 bridgehead atoms. The second-order valence-corrected chi connectivity index (χ2v) is 7.30. The largest absolute Gasteiger partial charge is 0.489 e. The monoisotopic (exact) mass is 467 g/mol. The predicted molar refractivity (Wildman–Crippen MR) is 118 cm³/mol. The van der Waals surface area contributed by atoms with Crippen molar-refractivity contribution < 1.29 is 14.5 Å². The number of carbonyl (C=O) groups excluding carboxylic acids is 1. The molecule has 0 aliphatic rings. The van der Waals surface area contributed by atoms with E-state index in [4.69, 9.17) is 4.74 Å². The Hall–Kier alpha value is -3.52. The smallest absolute Gasteiger partial charge is 0.271 e. The van der Waals surface area contributed by atoms with Gasteiger partial charge in [0.05, 0.1) is 10.6 Å². The normalized spacial score (nSPS) is 11.1. The van der Waals surface area contributed by atoms with Crippen LogP contribution in [0.5, 0.6) is 5.75 Å². The number of nitrogens with one attached hydrogen (secondary N) is 1. The van der Waals surface area contributed by atoms with E-state index in [9.17, 15) is 14.9 Å². The minimum absolute atomic E-state index is 0.0351. The third kappa shape index (κ3) is 5.74. The zero-order valence-electron chi connectivity index (χ0n) is 16.0. The molecule has 30 heavy (non-hydrogen) atoms. The van der Waals surface area contributed by atoms with E-state index in [2.05, 4.69) is 26.5 Å². The van der Waals surface area contributed by atoms with Crippen molar-refractivity contribution in [2.24, 2.45) is 5.10 Å². The van der Waals surface area contributed by atoms with Crippen LogP contribution in [-0.4, -0.2) is 16.5 Å². The lowest BCUT2D eigenvalue weighted by molar-refractivity contribution is -0.384. The number of ether oxygens (including phenoxy) is 1. The highest BCUT2D eigenvalue weighted by atomic mass is 79.9. The summed E-state index contributed by atoms with van der Waals surface area (Å²) in [5.74, 6) is 0.255. The van der Waals surface area contributed by atoms with Gasteiger partial charge in [0.25, 0.3) is 11.6 Å². The van der Waals surface area contributed by atoms with Crippen LogP contribution in [0.1, 0.15) is 28.4 Å². The fourth-order valence-electron chi connectivity index (χ4n) is 2.56. The van der Waals surface area contributed by atoms with Gasteiger partial charge in [-0.2, -0.15) is 5.10 Å². The molecule has 0 atom stereocenters. The standard InChI is InChI=1S/C22H18BrN3O4/c1-15(18-3-2-4-20(13-18)26(28)29)24-25-22(27)17-7-11-21(12-8-17)30-14-16-5-9-19(23)10-6-16/h2-13H,14H2,1H3,(H,25,27). The molecule has 0 saturated heterocycles. The van der Waals surface area contributed by atoms with Gasteiger partial charge >= 0.3 is 0 Å². The summed E-state index contributed by atoms with van der Waals surface area (Å²) in [6.45, 7) is 2.09. The summed E-state index contributed by atoms with van der Waals surface area (Å²) < 4.78 is 6.73. The highest BCUT2D eigenvalue weighted by Crippen LogP contribution is 2.16. The van der Waals surface area contributed by atoms with Crippen molar-refractivity contribution in [2.75, 3.05) is 0 Å². The van der Waals surface area contributed by atoms with Gasteiger partial charge in [-0.1, -0.05) is 40.2 Å². The van der Waals surface area contributed by atoms with Gasteiger partial charge in [-0.3, -0.25) is 14.9 Å². The van der Waals surface area contributed by atoms with Crippen molar-refractivity contribution in [3.05, 3.63) is 104 Å². The van der Waals surface area contributed by atoms with Crippen LogP contribution in [-0.2, 0) is 6.61 Å². The fourth-order valence-corrected chi connectivity index (χ4v) is 2.82. The van der Waals surface area contributed by atoms with Gasteiger partial charge in [-0.15, -0.1) is 0 Å². The van der Waals surface area contributed by atoms with Crippen LogP contribution < -0.4 is 10.2 Å². The number of nitrogens with zero attached hydrogens (tertiary/aromatic N) is 2. The van der Waals surface area contributed by atoms with Crippen LogP contribution in [0.2, 0.25) is 0 Å². The average Bonchev–Trinajstić information content (AvgIpc) is 2.77. The Morgan fingerprint density at radius 1 is 1.07 bits per heavy atom. The summed E-state index contributed by atoms with van der Waals surface area (Å²) in [5.41, 5.74) is 4.90. The Bertz CT molecular complexity index is 1080. The molecular weight excluding hydrogens is 450 g/mol. The SMILES string of the molecule is CC(=NNC(=O)c1ccc(OCc2ccc(Br)cc2)cc1)c1cccc([N+](=O)[O-])c1. The number of carbonyl (C=O) groups is 1. The fraction of sp³-hybridized carbons (Fsp3) is 0.0909. The molecule has 3 aromatic carbocycles. The zero-order chi connectivity index (χ0) is 21.5. The van der Waals surface area contributed by atoms with Crippen molar-refractivity contribution >= 4 is 33.2 Å². The van der Waals surface area contributed by atoms with E-state index in [-0.39, 0.29) is 11.6 Å². The Labute approximate surface area is 181 Å². The Kier molecular flexibility index (Phi) is 6.92. The highest BCUT2D eigenvalue weighted by Gasteiger charge is 2.09. The van der Waals surface area contributed by atoms with E-state index in [0.29, 0.717) is 29.2 Å². The molecule has 1 N–H and O–H groups in total. The van der Waals surface area contributed by atoms with Crippen molar-refractivity contribution in [3.8, 4) is 5.75 Å². The van der Waals surface area contributed by atoms with E-state index < -0.39 is 4.92 Å². The van der Waals surface area contributed by atoms with Crippen LogP contribution >= 0.6 is 15.9 Å². The minimum atomic E-state index is -0.476. The lowest BCUT2D eigenvalue weighted by atomic mass is 10.1. The first-order chi connectivity index (χ1) is 14.4. The lowest BCUT2D eigenvalue weighted by Crippen LogP contribution is -2.19. The molecule has 0 aliphatic heterocycles. The number of nitro benzene ring substituents is 1. The van der Waals surface area contributed by atoms with Crippen LogP contribution in [0, 0.1) is 10.1 Å². The third-order valence-corrected chi connectivity index (χ3v) is 4.76. The molecule has 0 unspecified atom stereocenters. The van der Waals surface area contributed by atoms with Gasteiger partial charge in [0.2, 0.25) is 0 Å². The summed E-state index contributed by atoms with van der Waals surface area (Å²) in [4.78, 5) is 22.7. The summed E-state index contributed by atoms with van der Waals surface area (Å²) >= 11 is 3.39. The molecule has 0 fully saturated rings. The maximum absolute atomic E-state index is 12.3. The molecule has 3 rings (SSSR count). The molecule has 0 heterocycles. The molecule has 0 aromatic heterocycles. The van der Waals surface area contributed by atoms with Crippen molar-refractivity contribution in [1.29, 1.82) is 0 Å². The number of hydrogen-bond acceptors (Lipinski definition) is 5. The molecular formula is C22H18BrN3O4. The number of benzene rings is 3. The minimum Gasteiger partial charge on any atom is -0.489 e. The first-order valence-electron chi connectivity index (χ1n) is 8.99. The van der Waals surface area contributed by atoms with Crippen molar-refractivity contribution in [3.63, 3.8) is 0 Å². The molecule has 0 saturated carbocycles. The van der Waals surface area contributed by atoms with Gasteiger partial charge in [-0.05, 0) is 48.9 Å². The topological polar surface area (TPSA) is 93.8 Å². The molecule has 0 aliphatic carbocycles. The lowest BCUT2D eigenvalue weighted by Gasteiger charge is -2.07. The predicted octanol–water partition coefficient (Wildman–Crippen LogP) is 5.09. The maximum atomic E-state index is 12.3. The first kappa shape index (κ1) is 21.2. The number of amides is 1. The van der Waals surface area contributed by atoms with Crippen LogP contribution in [0.15, 0.2) is 82.4 Å². The summed E-state index contributed by atoms with van der Waals surface area (Å²) in [6.07, 6.45) is 0. The summed E-state index contributed by atoms with van der Waals surface area (Å²) in [5, 5.41) is 14.9. The molecule has 152 valence electrons. The number of non-ortho nitro benzene ring substituents is 1. The Balaban J connectivity index is 1.58. The quantitative estimate of drug-likeness (QED) is 0.297. The van der Waals surface area contributed by atoms with E-state index in [1.165, 1.54) is 12.1 Å². The van der Waals surface area contributed by atoms with Crippen molar-refractivity contribution in [1.82, 2.24) is 5.43 Å². The number of hydrazone groups is 1. The highest BCUT2D eigenvalue weighted by molar-refractivity contribution is 9.10. The number of halogens is 1. The molecule has 1 amide bonds. The number of rotatable bonds is 7. The van der Waals surface area contributed by atoms with Crippen LogP contribution in [0.3, 0.4) is 0 Å². The van der Waals surface area contributed by atoms with Gasteiger partial charge < -0.3 is 4.74 Å². The maximum Gasteiger partial charge on any atom is 0.271 e. The van der Waals surface area contributed by atoms with Crippen LogP contribution in [0.4, 0.5) is 5.69 Å². The molecule has 8 heteroatoms. The zero-order valence-corrected chi connectivity index (χ0v) is 17.6. The summed E-state index contributed by atoms with van der Waals surface area (Å²) in [6, 6.07) is 20.6. The van der Waals surface area contributed by atoms with Gasteiger partial charge in [0.1, 0.15) is 12.4 Å². The summed E-state index contributed by atoms with van der Waals surface area (Å²) in [7, 11) is 0. The Morgan fingerprint density at radius 3 is 2.43 bits per heavy atom. The second kappa shape index (κ2) is 9.80. The van der Waals surface area contributed by atoms with E-state index in [0.717, 1.165) is 10.0 Å².